The van der Waals surface area contributed by atoms with E-state index in [0.717, 1.165) is 17.4 Å². The Hall–Kier alpha value is -1.93. The Balaban J connectivity index is 2.55. The number of nitrogens with two attached hydrogens (primary N) is 1. The van der Waals surface area contributed by atoms with Crippen molar-refractivity contribution >= 4 is 6.29 Å². The van der Waals surface area contributed by atoms with E-state index < -0.39 is 5.54 Å². The van der Waals surface area contributed by atoms with E-state index in [1.54, 1.807) is 6.07 Å². The third kappa shape index (κ3) is 2.12. The standard InChI is InChI=1S/C15H15NO/c1-15(16,13-8-3-2-4-9-13)14-10-6-5-7-12(14)11-17/h2-11H,16H2,1H3. The zero-order valence-corrected chi connectivity index (χ0v) is 9.76. The molecule has 0 saturated carbocycles. The second-order valence-electron chi connectivity index (χ2n) is 4.27. The largest absolute Gasteiger partial charge is 0.318 e. The molecule has 17 heavy (non-hydrogen) atoms. The molecule has 0 radical (unpaired) electrons. The summed E-state index contributed by atoms with van der Waals surface area (Å²) in [7, 11) is 0. The van der Waals surface area contributed by atoms with Gasteiger partial charge in [0.2, 0.25) is 0 Å². The lowest BCUT2D eigenvalue weighted by Gasteiger charge is -2.27. The highest BCUT2D eigenvalue weighted by molar-refractivity contribution is 5.78. The highest BCUT2D eigenvalue weighted by atomic mass is 16.1. The van der Waals surface area contributed by atoms with Gasteiger partial charge in [0.15, 0.2) is 0 Å². The van der Waals surface area contributed by atoms with Gasteiger partial charge in [0, 0.05) is 5.56 Å². The van der Waals surface area contributed by atoms with Gasteiger partial charge in [0.1, 0.15) is 6.29 Å². The molecule has 0 aromatic heterocycles. The Morgan fingerprint density at radius 2 is 1.59 bits per heavy atom. The second kappa shape index (κ2) is 4.52. The summed E-state index contributed by atoms with van der Waals surface area (Å²) in [5, 5.41) is 0. The molecule has 2 nitrogen and oxygen atoms in total. The molecule has 0 aliphatic carbocycles. The molecule has 0 heterocycles. The van der Waals surface area contributed by atoms with Crippen LogP contribution in [0.2, 0.25) is 0 Å². The highest BCUT2D eigenvalue weighted by Crippen LogP contribution is 2.28. The number of benzene rings is 2. The number of carbonyl (C=O) groups is 1. The van der Waals surface area contributed by atoms with Crippen molar-refractivity contribution < 1.29 is 4.79 Å². The predicted molar refractivity (Wildman–Crippen MR) is 68.9 cm³/mol. The van der Waals surface area contributed by atoms with Crippen LogP contribution in [-0.2, 0) is 5.54 Å². The predicted octanol–water partition coefficient (Wildman–Crippen LogP) is 2.72. The van der Waals surface area contributed by atoms with Gasteiger partial charge in [-0.15, -0.1) is 0 Å². The highest BCUT2D eigenvalue weighted by Gasteiger charge is 2.25. The molecule has 1 atom stereocenters. The van der Waals surface area contributed by atoms with E-state index in [1.807, 2.05) is 55.5 Å². The topological polar surface area (TPSA) is 43.1 Å². The maximum Gasteiger partial charge on any atom is 0.150 e. The lowest BCUT2D eigenvalue weighted by molar-refractivity contribution is 0.112. The SMILES string of the molecule is CC(N)(c1ccccc1)c1ccccc1C=O. The van der Waals surface area contributed by atoms with Crippen LogP contribution >= 0.6 is 0 Å². The Bertz CT molecular complexity index is 517. The van der Waals surface area contributed by atoms with Crippen molar-refractivity contribution in [1.82, 2.24) is 0 Å². The van der Waals surface area contributed by atoms with Crippen molar-refractivity contribution in [1.29, 1.82) is 0 Å². The van der Waals surface area contributed by atoms with Crippen LogP contribution < -0.4 is 5.73 Å². The van der Waals surface area contributed by atoms with Crippen molar-refractivity contribution in [2.24, 2.45) is 5.73 Å². The number of rotatable bonds is 3. The molecule has 0 aliphatic heterocycles. The maximum absolute atomic E-state index is 11.0. The number of aldehydes is 1. The summed E-state index contributed by atoms with van der Waals surface area (Å²) in [6, 6.07) is 17.2. The van der Waals surface area contributed by atoms with E-state index in [-0.39, 0.29) is 0 Å². The van der Waals surface area contributed by atoms with Gasteiger partial charge in [-0.25, -0.2) is 0 Å². The first-order valence-electron chi connectivity index (χ1n) is 5.55. The minimum absolute atomic E-state index is 0.640. The smallest absolute Gasteiger partial charge is 0.150 e. The van der Waals surface area contributed by atoms with Crippen LogP contribution in [0, 0.1) is 0 Å². The fraction of sp³-hybridized carbons (Fsp3) is 0.133. The van der Waals surface area contributed by atoms with Gasteiger partial charge < -0.3 is 5.73 Å². The van der Waals surface area contributed by atoms with Gasteiger partial charge in [0.05, 0.1) is 5.54 Å². The fourth-order valence-electron chi connectivity index (χ4n) is 2.01. The Morgan fingerprint density at radius 3 is 2.24 bits per heavy atom. The molecule has 2 N–H and O–H groups in total. The first-order chi connectivity index (χ1) is 8.16. The maximum atomic E-state index is 11.0. The summed E-state index contributed by atoms with van der Waals surface area (Å²) >= 11 is 0. The molecule has 0 spiro atoms. The van der Waals surface area contributed by atoms with E-state index in [1.165, 1.54) is 0 Å². The van der Waals surface area contributed by atoms with Crippen molar-refractivity contribution in [3.8, 4) is 0 Å². The van der Waals surface area contributed by atoms with Crippen molar-refractivity contribution in [2.45, 2.75) is 12.5 Å². The molecule has 0 fully saturated rings. The molecule has 2 aromatic rings. The normalized spacial score (nSPS) is 14.0. The van der Waals surface area contributed by atoms with E-state index >= 15 is 0 Å². The van der Waals surface area contributed by atoms with Crippen LogP contribution in [0.4, 0.5) is 0 Å². The minimum atomic E-state index is -0.654. The molecule has 86 valence electrons. The molecule has 0 aliphatic rings. The minimum Gasteiger partial charge on any atom is -0.318 e. The molecular weight excluding hydrogens is 210 g/mol. The molecule has 0 amide bonds. The number of hydrogen-bond acceptors (Lipinski definition) is 2. The second-order valence-corrected chi connectivity index (χ2v) is 4.27. The molecular formula is C15H15NO. The number of hydrogen-bond donors (Lipinski definition) is 1. The van der Waals surface area contributed by atoms with Gasteiger partial charge in [-0.3, -0.25) is 4.79 Å². The quantitative estimate of drug-likeness (QED) is 0.816. The third-order valence-electron chi connectivity index (χ3n) is 3.02. The number of carbonyl (C=O) groups excluding carboxylic acids is 1. The van der Waals surface area contributed by atoms with Crippen LogP contribution in [0.5, 0.6) is 0 Å². The van der Waals surface area contributed by atoms with Crippen molar-refractivity contribution in [3.63, 3.8) is 0 Å². The van der Waals surface area contributed by atoms with Gasteiger partial charge in [-0.1, -0.05) is 54.6 Å². The van der Waals surface area contributed by atoms with Crippen LogP contribution in [0.1, 0.15) is 28.4 Å². The fourth-order valence-corrected chi connectivity index (χ4v) is 2.01. The Kier molecular flexibility index (Phi) is 3.07. The van der Waals surface area contributed by atoms with Gasteiger partial charge in [-0.2, -0.15) is 0 Å². The summed E-state index contributed by atoms with van der Waals surface area (Å²) in [6.07, 6.45) is 0.851. The molecule has 1 unspecified atom stereocenters. The third-order valence-corrected chi connectivity index (χ3v) is 3.02. The average Bonchev–Trinajstić information content (AvgIpc) is 2.39. The molecule has 0 saturated heterocycles. The van der Waals surface area contributed by atoms with E-state index in [0.29, 0.717) is 5.56 Å². The summed E-state index contributed by atoms with van der Waals surface area (Å²) in [4.78, 5) is 11.0. The van der Waals surface area contributed by atoms with Crippen LogP contribution in [0.3, 0.4) is 0 Å². The van der Waals surface area contributed by atoms with E-state index in [4.69, 9.17) is 5.73 Å². The van der Waals surface area contributed by atoms with Gasteiger partial charge in [0.25, 0.3) is 0 Å². The molecule has 0 bridgehead atoms. The van der Waals surface area contributed by atoms with Crippen LogP contribution in [-0.4, -0.2) is 6.29 Å². The summed E-state index contributed by atoms with van der Waals surface area (Å²) < 4.78 is 0. The van der Waals surface area contributed by atoms with Gasteiger partial charge in [-0.05, 0) is 18.1 Å². The van der Waals surface area contributed by atoms with Crippen molar-refractivity contribution in [2.75, 3.05) is 0 Å². The first kappa shape index (κ1) is 11.6. The summed E-state index contributed by atoms with van der Waals surface area (Å²) in [5.74, 6) is 0. The van der Waals surface area contributed by atoms with Crippen LogP contribution in [0.15, 0.2) is 54.6 Å². The van der Waals surface area contributed by atoms with Gasteiger partial charge >= 0.3 is 0 Å². The molecule has 2 aromatic carbocycles. The zero-order valence-electron chi connectivity index (χ0n) is 9.76. The Labute approximate surface area is 101 Å². The summed E-state index contributed by atoms with van der Waals surface area (Å²) in [6.45, 7) is 1.92. The summed E-state index contributed by atoms with van der Waals surface area (Å²) in [5.41, 5.74) is 8.21. The van der Waals surface area contributed by atoms with E-state index in [9.17, 15) is 4.79 Å². The molecule has 2 rings (SSSR count). The molecule has 2 heteroatoms. The van der Waals surface area contributed by atoms with Crippen LogP contribution in [0.25, 0.3) is 0 Å². The lowest BCUT2D eigenvalue weighted by atomic mass is 9.83. The average molecular weight is 225 g/mol. The van der Waals surface area contributed by atoms with E-state index in [2.05, 4.69) is 0 Å². The monoisotopic (exact) mass is 225 g/mol. The first-order valence-corrected chi connectivity index (χ1v) is 5.55. The van der Waals surface area contributed by atoms with Crippen molar-refractivity contribution in [3.05, 3.63) is 71.3 Å². The lowest BCUT2D eigenvalue weighted by Crippen LogP contribution is -2.35. The zero-order chi connectivity index (χ0) is 12.3. The Morgan fingerprint density at radius 1 is 1.00 bits per heavy atom.